The number of hydrogen-bond acceptors (Lipinski definition) is 4. The summed E-state index contributed by atoms with van der Waals surface area (Å²) in [5.41, 5.74) is -0.799. The number of urea groups is 1. The summed E-state index contributed by atoms with van der Waals surface area (Å²) in [5.74, 6) is -0.432. The summed E-state index contributed by atoms with van der Waals surface area (Å²) in [7, 11) is 0. The number of hydrogen-bond donors (Lipinski definition) is 2. The van der Waals surface area contributed by atoms with Gasteiger partial charge in [0.15, 0.2) is 0 Å². The topological polar surface area (TPSA) is 78.5 Å². The van der Waals surface area contributed by atoms with Crippen LogP contribution in [-0.2, 0) is 16.0 Å². The average Bonchev–Trinajstić information content (AvgIpc) is 3.14. The van der Waals surface area contributed by atoms with E-state index in [0.29, 0.717) is 13.0 Å². The highest BCUT2D eigenvalue weighted by atomic mass is 32.1. The van der Waals surface area contributed by atoms with Crippen molar-refractivity contribution in [2.24, 2.45) is 5.92 Å². The Labute approximate surface area is 145 Å². The van der Waals surface area contributed by atoms with Crippen molar-refractivity contribution in [3.05, 3.63) is 22.4 Å². The fraction of sp³-hybridized carbons (Fsp3) is 0.588. The van der Waals surface area contributed by atoms with Crippen LogP contribution in [0.25, 0.3) is 0 Å². The Morgan fingerprint density at radius 2 is 2.29 bits per heavy atom. The number of carbonyl (C=O) groups is 3. The summed E-state index contributed by atoms with van der Waals surface area (Å²) in [6, 6.07) is 3.55. The lowest BCUT2D eigenvalue weighted by atomic mass is 9.73. The maximum atomic E-state index is 12.8. The predicted molar refractivity (Wildman–Crippen MR) is 91.6 cm³/mol. The molecule has 1 aromatic rings. The summed E-state index contributed by atoms with van der Waals surface area (Å²) in [5, 5.41) is 7.64. The van der Waals surface area contributed by atoms with Crippen molar-refractivity contribution in [2.45, 2.75) is 44.6 Å². The minimum Gasteiger partial charge on any atom is -0.354 e. The molecule has 0 aromatic carbocycles. The van der Waals surface area contributed by atoms with E-state index in [-0.39, 0.29) is 24.3 Å². The molecule has 2 aliphatic rings. The number of amides is 4. The maximum Gasteiger partial charge on any atom is 0.325 e. The molecule has 0 unspecified atom stereocenters. The van der Waals surface area contributed by atoms with Crippen LogP contribution < -0.4 is 10.6 Å². The Balaban J connectivity index is 1.55. The summed E-state index contributed by atoms with van der Waals surface area (Å²) in [6.45, 7) is 2.30. The smallest absolute Gasteiger partial charge is 0.325 e. The standard InChI is InChI=1S/C17H23N3O3S/c1-12-5-2-3-8-17(12)15(22)20(16(23)19-17)11-14(21)18-9-7-13-6-4-10-24-13/h4,6,10,12H,2-3,5,7-9,11H2,1H3,(H,18,21)(H,19,23)/t12-,17-/m1/s1. The molecule has 7 heteroatoms. The Hall–Kier alpha value is -1.89. The predicted octanol–water partition coefficient (Wildman–Crippen LogP) is 1.91. The Morgan fingerprint density at radius 1 is 1.46 bits per heavy atom. The SMILES string of the molecule is C[C@@H]1CCCC[C@@]12NC(=O)N(CC(=O)NCCc1cccs1)C2=O. The fourth-order valence-corrected chi connectivity index (χ4v) is 4.33. The van der Waals surface area contributed by atoms with Gasteiger partial charge in [0.1, 0.15) is 12.1 Å². The third-order valence-corrected chi connectivity index (χ3v) is 6.01. The lowest BCUT2D eigenvalue weighted by molar-refractivity contribution is -0.137. The van der Waals surface area contributed by atoms with E-state index < -0.39 is 11.6 Å². The zero-order valence-corrected chi connectivity index (χ0v) is 14.7. The van der Waals surface area contributed by atoms with Gasteiger partial charge in [0.25, 0.3) is 5.91 Å². The minimum absolute atomic E-state index is 0.106. The average molecular weight is 349 g/mol. The first-order chi connectivity index (χ1) is 11.5. The van der Waals surface area contributed by atoms with E-state index in [1.807, 2.05) is 24.4 Å². The van der Waals surface area contributed by atoms with Gasteiger partial charge in [-0.05, 0) is 36.6 Å². The number of nitrogens with zero attached hydrogens (tertiary/aromatic N) is 1. The van der Waals surface area contributed by atoms with Crippen LogP contribution in [0.4, 0.5) is 4.79 Å². The molecule has 2 fully saturated rings. The van der Waals surface area contributed by atoms with Crippen LogP contribution in [0.15, 0.2) is 17.5 Å². The van der Waals surface area contributed by atoms with Crippen molar-refractivity contribution >= 4 is 29.2 Å². The van der Waals surface area contributed by atoms with Crippen LogP contribution >= 0.6 is 11.3 Å². The molecule has 1 saturated carbocycles. The molecule has 130 valence electrons. The highest BCUT2D eigenvalue weighted by Crippen LogP contribution is 2.38. The number of imide groups is 1. The highest BCUT2D eigenvalue weighted by molar-refractivity contribution is 7.09. The minimum atomic E-state index is -0.799. The Bertz CT molecular complexity index is 631. The maximum absolute atomic E-state index is 12.8. The second kappa shape index (κ2) is 6.93. The van der Waals surface area contributed by atoms with E-state index in [9.17, 15) is 14.4 Å². The highest BCUT2D eigenvalue weighted by Gasteiger charge is 2.55. The van der Waals surface area contributed by atoms with Gasteiger partial charge >= 0.3 is 6.03 Å². The molecular formula is C17H23N3O3S. The molecular weight excluding hydrogens is 326 g/mol. The van der Waals surface area contributed by atoms with E-state index in [1.54, 1.807) is 11.3 Å². The summed E-state index contributed by atoms with van der Waals surface area (Å²) >= 11 is 1.64. The zero-order chi connectivity index (χ0) is 17.2. The molecule has 2 N–H and O–H groups in total. The van der Waals surface area contributed by atoms with Gasteiger partial charge in [0.2, 0.25) is 5.91 Å². The van der Waals surface area contributed by atoms with Crippen LogP contribution in [0.1, 0.15) is 37.5 Å². The molecule has 3 rings (SSSR count). The van der Waals surface area contributed by atoms with Gasteiger partial charge in [-0.1, -0.05) is 25.8 Å². The van der Waals surface area contributed by atoms with E-state index in [0.717, 1.165) is 30.6 Å². The zero-order valence-electron chi connectivity index (χ0n) is 13.8. The van der Waals surface area contributed by atoms with Crippen molar-refractivity contribution in [2.75, 3.05) is 13.1 Å². The molecule has 1 aliphatic heterocycles. The molecule has 0 bridgehead atoms. The van der Waals surface area contributed by atoms with E-state index in [2.05, 4.69) is 10.6 Å². The van der Waals surface area contributed by atoms with E-state index in [1.165, 1.54) is 4.88 Å². The molecule has 0 radical (unpaired) electrons. The molecule has 24 heavy (non-hydrogen) atoms. The molecule has 4 amide bonds. The van der Waals surface area contributed by atoms with Gasteiger partial charge in [-0.15, -0.1) is 11.3 Å². The van der Waals surface area contributed by atoms with Gasteiger partial charge in [0, 0.05) is 11.4 Å². The van der Waals surface area contributed by atoms with Gasteiger partial charge in [-0.25, -0.2) is 4.79 Å². The van der Waals surface area contributed by atoms with Crippen LogP contribution in [0.5, 0.6) is 0 Å². The van der Waals surface area contributed by atoms with Crippen molar-refractivity contribution in [1.29, 1.82) is 0 Å². The fourth-order valence-electron chi connectivity index (χ4n) is 3.62. The first-order valence-corrected chi connectivity index (χ1v) is 9.34. The molecule has 1 saturated heterocycles. The van der Waals surface area contributed by atoms with Crippen LogP contribution in [0.2, 0.25) is 0 Å². The van der Waals surface area contributed by atoms with E-state index >= 15 is 0 Å². The number of nitrogens with one attached hydrogen (secondary N) is 2. The second-order valence-electron chi connectivity index (χ2n) is 6.62. The molecule has 2 heterocycles. The lowest BCUT2D eigenvalue weighted by Gasteiger charge is -2.36. The van der Waals surface area contributed by atoms with Crippen molar-refractivity contribution in [3.63, 3.8) is 0 Å². The summed E-state index contributed by atoms with van der Waals surface area (Å²) < 4.78 is 0. The first-order valence-electron chi connectivity index (χ1n) is 8.46. The molecule has 6 nitrogen and oxygen atoms in total. The van der Waals surface area contributed by atoms with Crippen molar-refractivity contribution in [3.8, 4) is 0 Å². The molecule has 2 atom stereocenters. The normalized spacial score (nSPS) is 26.7. The van der Waals surface area contributed by atoms with Gasteiger partial charge in [0.05, 0.1) is 0 Å². The molecule has 1 aromatic heterocycles. The summed E-state index contributed by atoms with van der Waals surface area (Å²) in [4.78, 5) is 39.3. The Morgan fingerprint density at radius 3 is 3.00 bits per heavy atom. The van der Waals surface area contributed by atoms with E-state index in [4.69, 9.17) is 0 Å². The second-order valence-corrected chi connectivity index (χ2v) is 7.65. The van der Waals surface area contributed by atoms with Crippen LogP contribution in [-0.4, -0.2) is 41.4 Å². The van der Waals surface area contributed by atoms with Crippen molar-refractivity contribution < 1.29 is 14.4 Å². The summed E-state index contributed by atoms with van der Waals surface area (Å²) in [6.07, 6.45) is 4.35. The third kappa shape index (κ3) is 3.17. The number of rotatable bonds is 5. The largest absolute Gasteiger partial charge is 0.354 e. The third-order valence-electron chi connectivity index (χ3n) is 5.08. The van der Waals surface area contributed by atoms with Crippen LogP contribution in [0, 0.1) is 5.92 Å². The number of thiophene rings is 1. The first kappa shape index (κ1) is 17.0. The van der Waals surface area contributed by atoms with Gasteiger partial charge < -0.3 is 10.6 Å². The Kier molecular flexibility index (Phi) is 4.89. The molecule has 1 aliphatic carbocycles. The monoisotopic (exact) mass is 349 g/mol. The lowest BCUT2D eigenvalue weighted by Crippen LogP contribution is -2.54. The quantitative estimate of drug-likeness (QED) is 0.797. The van der Waals surface area contributed by atoms with Gasteiger partial charge in [-0.3, -0.25) is 14.5 Å². The molecule has 1 spiro atoms. The number of carbonyl (C=O) groups excluding carboxylic acids is 3. The van der Waals surface area contributed by atoms with Gasteiger partial charge in [-0.2, -0.15) is 0 Å². The van der Waals surface area contributed by atoms with Crippen LogP contribution in [0.3, 0.4) is 0 Å². The van der Waals surface area contributed by atoms with Crippen molar-refractivity contribution in [1.82, 2.24) is 15.5 Å².